The smallest absolute Gasteiger partial charge is 0.343 e. The Morgan fingerprint density at radius 3 is 2.50 bits per heavy atom. The Hall–Kier alpha value is -2.67. The molecule has 4 heteroatoms. The third kappa shape index (κ3) is 4.92. The molecule has 0 bridgehead atoms. The molecule has 0 saturated carbocycles. The van der Waals surface area contributed by atoms with Gasteiger partial charge in [-0.2, -0.15) is 5.26 Å². The van der Waals surface area contributed by atoms with Crippen molar-refractivity contribution >= 4 is 5.97 Å². The number of unbranched alkanes of at least 4 members (excludes halogenated alkanes) is 3. The van der Waals surface area contributed by atoms with Crippen molar-refractivity contribution in [3.8, 4) is 11.8 Å². The minimum atomic E-state index is -0.727. The number of benzene rings is 2. The third-order valence-electron chi connectivity index (χ3n) is 3.78. The predicted molar refractivity (Wildman–Crippen MR) is 90.4 cm³/mol. The molecule has 2 aromatic carbocycles. The molecule has 2 rings (SSSR count). The van der Waals surface area contributed by atoms with E-state index in [1.165, 1.54) is 37.0 Å². The SMILES string of the molecule is CCCCCCc1ccc(OC(=O)c2ccc(C#N)c(F)c2)cc1. The second kappa shape index (κ2) is 8.83. The number of carbonyl (C=O) groups excluding carboxylic acids is 1. The summed E-state index contributed by atoms with van der Waals surface area (Å²) < 4.78 is 18.8. The first kappa shape index (κ1) is 17.7. The molecular weight excluding hydrogens is 305 g/mol. The van der Waals surface area contributed by atoms with Crippen LogP contribution in [0.2, 0.25) is 0 Å². The van der Waals surface area contributed by atoms with Gasteiger partial charge in [-0.1, -0.05) is 38.3 Å². The van der Waals surface area contributed by atoms with Gasteiger partial charge in [0.2, 0.25) is 0 Å². The van der Waals surface area contributed by atoms with Crippen LogP contribution < -0.4 is 4.74 Å². The number of hydrogen-bond acceptors (Lipinski definition) is 3. The molecule has 24 heavy (non-hydrogen) atoms. The Labute approximate surface area is 141 Å². The zero-order chi connectivity index (χ0) is 17.4. The van der Waals surface area contributed by atoms with E-state index in [1.807, 2.05) is 12.1 Å². The molecule has 0 N–H and O–H groups in total. The maximum absolute atomic E-state index is 13.5. The van der Waals surface area contributed by atoms with E-state index in [0.717, 1.165) is 18.9 Å². The molecule has 0 spiro atoms. The summed E-state index contributed by atoms with van der Waals surface area (Å²) in [6, 6.07) is 12.7. The zero-order valence-electron chi connectivity index (χ0n) is 13.7. The Bertz CT molecular complexity index is 732. The second-order valence-electron chi connectivity index (χ2n) is 5.65. The molecule has 0 radical (unpaired) electrons. The molecule has 0 saturated heterocycles. The molecule has 2 aromatic rings. The van der Waals surface area contributed by atoms with Crippen molar-refractivity contribution in [3.63, 3.8) is 0 Å². The molecule has 0 aromatic heterocycles. The molecule has 0 aliphatic heterocycles. The topological polar surface area (TPSA) is 50.1 Å². The van der Waals surface area contributed by atoms with Gasteiger partial charge in [-0.25, -0.2) is 9.18 Å². The maximum atomic E-state index is 13.5. The van der Waals surface area contributed by atoms with Crippen molar-refractivity contribution in [2.24, 2.45) is 0 Å². The lowest BCUT2D eigenvalue weighted by Gasteiger charge is -2.06. The van der Waals surface area contributed by atoms with Crippen LogP contribution in [0.25, 0.3) is 0 Å². The standard InChI is InChI=1S/C20H20FNO2/c1-2-3-4-5-6-15-7-11-18(12-8-15)24-20(23)16-9-10-17(14-22)19(21)13-16/h7-13H,2-6H2,1H3. The maximum Gasteiger partial charge on any atom is 0.343 e. The van der Waals surface area contributed by atoms with Crippen molar-refractivity contribution in [1.29, 1.82) is 5.26 Å². The van der Waals surface area contributed by atoms with Gasteiger partial charge >= 0.3 is 5.97 Å². The molecule has 0 atom stereocenters. The normalized spacial score (nSPS) is 10.2. The highest BCUT2D eigenvalue weighted by atomic mass is 19.1. The van der Waals surface area contributed by atoms with E-state index in [2.05, 4.69) is 6.92 Å². The largest absolute Gasteiger partial charge is 0.423 e. The predicted octanol–water partition coefficient (Wildman–Crippen LogP) is 5.04. The highest BCUT2D eigenvalue weighted by Gasteiger charge is 2.12. The minimum absolute atomic E-state index is 0.0788. The number of carbonyl (C=O) groups is 1. The lowest BCUT2D eigenvalue weighted by atomic mass is 10.1. The summed E-state index contributed by atoms with van der Waals surface area (Å²) in [6.07, 6.45) is 5.84. The van der Waals surface area contributed by atoms with E-state index in [4.69, 9.17) is 10.00 Å². The highest BCUT2D eigenvalue weighted by molar-refractivity contribution is 5.91. The summed E-state index contributed by atoms with van der Waals surface area (Å²) in [7, 11) is 0. The molecule has 0 heterocycles. The van der Waals surface area contributed by atoms with Crippen LogP contribution in [0.5, 0.6) is 5.75 Å². The first-order chi connectivity index (χ1) is 11.6. The van der Waals surface area contributed by atoms with E-state index in [9.17, 15) is 9.18 Å². The van der Waals surface area contributed by atoms with Crippen LogP contribution in [0.15, 0.2) is 42.5 Å². The minimum Gasteiger partial charge on any atom is -0.423 e. The van der Waals surface area contributed by atoms with Gasteiger partial charge in [0.15, 0.2) is 0 Å². The second-order valence-corrected chi connectivity index (χ2v) is 5.65. The number of rotatable bonds is 7. The van der Waals surface area contributed by atoms with Crippen LogP contribution in [0, 0.1) is 17.1 Å². The van der Waals surface area contributed by atoms with Gasteiger partial charge in [0.1, 0.15) is 17.6 Å². The third-order valence-corrected chi connectivity index (χ3v) is 3.78. The number of aryl methyl sites for hydroxylation is 1. The number of ether oxygens (including phenoxy) is 1. The van der Waals surface area contributed by atoms with Gasteiger partial charge in [0, 0.05) is 0 Å². The Balaban J connectivity index is 1.94. The fraction of sp³-hybridized carbons (Fsp3) is 0.300. The van der Waals surface area contributed by atoms with Gasteiger partial charge in [0.25, 0.3) is 0 Å². The Morgan fingerprint density at radius 1 is 1.12 bits per heavy atom. The van der Waals surface area contributed by atoms with Crippen molar-refractivity contribution < 1.29 is 13.9 Å². The van der Waals surface area contributed by atoms with E-state index in [-0.39, 0.29) is 11.1 Å². The molecule has 0 fully saturated rings. The average molecular weight is 325 g/mol. The lowest BCUT2D eigenvalue weighted by Crippen LogP contribution is -2.09. The van der Waals surface area contributed by atoms with Gasteiger partial charge < -0.3 is 4.74 Å². The van der Waals surface area contributed by atoms with Crippen LogP contribution >= 0.6 is 0 Å². The van der Waals surface area contributed by atoms with Crippen molar-refractivity contribution in [2.75, 3.05) is 0 Å². The van der Waals surface area contributed by atoms with Crippen LogP contribution in [0.3, 0.4) is 0 Å². The van der Waals surface area contributed by atoms with Crippen molar-refractivity contribution in [2.45, 2.75) is 39.0 Å². The summed E-state index contributed by atoms with van der Waals surface area (Å²) >= 11 is 0. The molecule has 3 nitrogen and oxygen atoms in total. The monoisotopic (exact) mass is 325 g/mol. The summed E-state index contributed by atoms with van der Waals surface area (Å²) in [4.78, 5) is 12.0. The number of nitriles is 1. The molecule has 124 valence electrons. The number of nitrogens with zero attached hydrogens (tertiary/aromatic N) is 1. The van der Waals surface area contributed by atoms with Crippen molar-refractivity contribution in [1.82, 2.24) is 0 Å². The Morgan fingerprint density at radius 2 is 1.88 bits per heavy atom. The van der Waals surface area contributed by atoms with Crippen LogP contribution in [-0.2, 0) is 6.42 Å². The van der Waals surface area contributed by atoms with Crippen LogP contribution in [-0.4, -0.2) is 5.97 Å². The molecule has 0 aliphatic rings. The van der Waals surface area contributed by atoms with E-state index < -0.39 is 11.8 Å². The molecule has 0 unspecified atom stereocenters. The number of halogens is 1. The van der Waals surface area contributed by atoms with E-state index in [1.54, 1.807) is 18.2 Å². The molecule has 0 aliphatic carbocycles. The van der Waals surface area contributed by atoms with E-state index >= 15 is 0 Å². The fourth-order valence-corrected chi connectivity index (χ4v) is 2.38. The van der Waals surface area contributed by atoms with Crippen LogP contribution in [0.1, 0.15) is 54.1 Å². The first-order valence-electron chi connectivity index (χ1n) is 8.15. The zero-order valence-corrected chi connectivity index (χ0v) is 13.7. The molecular formula is C20H20FNO2. The summed E-state index contributed by atoms with van der Waals surface area (Å²) in [5.41, 5.74) is 1.18. The number of hydrogen-bond donors (Lipinski definition) is 0. The average Bonchev–Trinajstić information content (AvgIpc) is 2.60. The Kier molecular flexibility index (Phi) is 6.51. The van der Waals surface area contributed by atoms with Crippen molar-refractivity contribution in [3.05, 3.63) is 65.0 Å². The number of esters is 1. The first-order valence-corrected chi connectivity index (χ1v) is 8.15. The summed E-state index contributed by atoms with van der Waals surface area (Å²) in [6.45, 7) is 2.18. The lowest BCUT2D eigenvalue weighted by molar-refractivity contribution is 0.0734. The summed E-state index contributed by atoms with van der Waals surface area (Å²) in [5, 5.41) is 8.69. The van der Waals surface area contributed by atoms with Gasteiger partial charge in [0.05, 0.1) is 11.1 Å². The fourth-order valence-electron chi connectivity index (χ4n) is 2.38. The molecule has 0 amide bonds. The highest BCUT2D eigenvalue weighted by Crippen LogP contribution is 2.17. The van der Waals surface area contributed by atoms with Gasteiger partial charge in [-0.15, -0.1) is 0 Å². The quantitative estimate of drug-likeness (QED) is 0.407. The van der Waals surface area contributed by atoms with Gasteiger partial charge in [-0.3, -0.25) is 0 Å². The summed E-state index contributed by atoms with van der Waals surface area (Å²) in [5.74, 6) is -0.953. The van der Waals surface area contributed by atoms with Gasteiger partial charge in [-0.05, 0) is 48.7 Å². The van der Waals surface area contributed by atoms with E-state index in [0.29, 0.717) is 5.75 Å². The van der Waals surface area contributed by atoms with Crippen LogP contribution in [0.4, 0.5) is 4.39 Å².